The number of para-hydroxylation sites is 1. The lowest BCUT2D eigenvalue weighted by atomic mass is 9.96. The maximum absolute atomic E-state index is 4.37. The van der Waals surface area contributed by atoms with Gasteiger partial charge in [-0.3, -0.25) is 4.98 Å². The highest BCUT2D eigenvalue weighted by molar-refractivity contribution is 5.81. The first-order valence-electron chi connectivity index (χ1n) is 5.75. The fraction of sp³-hybridized carbons (Fsp3) is 0.267. The van der Waals surface area contributed by atoms with Crippen LogP contribution in [0.1, 0.15) is 18.9 Å². The van der Waals surface area contributed by atoms with E-state index in [2.05, 4.69) is 42.8 Å². The lowest BCUT2D eigenvalue weighted by Crippen LogP contribution is -1.99. The van der Waals surface area contributed by atoms with Gasteiger partial charge in [0.2, 0.25) is 0 Å². The third kappa shape index (κ3) is 2.30. The Hall–Kier alpha value is -1.63. The predicted molar refractivity (Wildman–Crippen MR) is 69.4 cm³/mol. The molecule has 0 bridgehead atoms. The van der Waals surface area contributed by atoms with Crippen LogP contribution in [0.5, 0.6) is 0 Å². The number of aromatic nitrogens is 1. The Bertz CT molecular complexity index is 482. The van der Waals surface area contributed by atoms with Crippen LogP contribution < -0.4 is 0 Å². The van der Waals surface area contributed by atoms with E-state index in [9.17, 15) is 0 Å². The number of nitrogens with zero attached hydrogens (tertiary/aromatic N) is 1. The minimum Gasteiger partial charge on any atom is -0.256 e. The van der Waals surface area contributed by atoms with Crippen LogP contribution in [-0.2, 0) is 6.42 Å². The SMILES string of the molecule is C=CCC(C)Cc1ccnc2ccccc12. The van der Waals surface area contributed by atoms with Crippen LogP contribution in [0.4, 0.5) is 0 Å². The molecule has 1 heterocycles. The molecule has 0 aliphatic carbocycles. The number of fused-ring (bicyclic) bond motifs is 1. The summed E-state index contributed by atoms with van der Waals surface area (Å²) in [7, 11) is 0. The van der Waals surface area contributed by atoms with Gasteiger partial charge in [-0.1, -0.05) is 31.2 Å². The molecule has 16 heavy (non-hydrogen) atoms. The van der Waals surface area contributed by atoms with E-state index in [1.165, 1.54) is 10.9 Å². The van der Waals surface area contributed by atoms with Crippen LogP contribution >= 0.6 is 0 Å². The van der Waals surface area contributed by atoms with Crippen LogP contribution in [0.25, 0.3) is 10.9 Å². The molecule has 0 radical (unpaired) electrons. The van der Waals surface area contributed by atoms with Gasteiger partial charge in [-0.05, 0) is 36.5 Å². The summed E-state index contributed by atoms with van der Waals surface area (Å²) in [5.41, 5.74) is 2.48. The lowest BCUT2D eigenvalue weighted by Gasteiger charge is -2.10. The van der Waals surface area contributed by atoms with Gasteiger partial charge in [0.1, 0.15) is 0 Å². The van der Waals surface area contributed by atoms with Crippen molar-refractivity contribution in [2.45, 2.75) is 19.8 Å². The predicted octanol–water partition coefficient (Wildman–Crippen LogP) is 3.99. The summed E-state index contributed by atoms with van der Waals surface area (Å²) >= 11 is 0. The van der Waals surface area contributed by atoms with Crippen molar-refractivity contribution in [3.63, 3.8) is 0 Å². The average molecular weight is 211 g/mol. The first-order chi connectivity index (χ1) is 7.81. The van der Waals surface area contributed by atoms with Crippen molar-refractivity contribution in [3.8, 4) is 0 Å². The Morgan fingerprint density at radius 2 is 2.12 bits per heavy atom. The van der Waals surface area contributed by atoms with Gasteiger partial charge in [0.25, 0.3) is 0 Å². The Morgan fingerprint density at radius 1 is 1.31 bits per heavy atom. The van der Waals surface area contributed by atoms with Gasteiger partial charge in [-0.15, -0.1) is 6.58 Å². The maximum atomic E-state index is 4.37. The summed E-state index contributed by atoms with van der Waals surface area (Å²) in [6.07, 6.45) is 6.05. The van der Waals surface area contributed by atoms with Crippen LogP contribution in [0, 0.1) is 5.92 Å². The fourth-order valence-corrected chi connectivity index (χ4v) is 2.08. The van der Waals surface area contributed by atoms with Gasteiger partial charge in [0.05, 0.1) is 5.52 Å². The molecular weight excluding hydrogens is 194 g/mol. The zero-order valence-corrected chi connectivity index (χ0v) is 9.69. The van der Waals surface area contributed by atoms with E-state index in [1.54, 1.807) is 0 Å². The van der Waals surface area contributed by atoms with Crippen LogP contribution in [0.2, 0.25) is 0 Å². The Morgan fingerprint density at radius 3 is 2.94 bits per heavy atom. The Kier molecular flexibility index (Phi) is 3.35. The number of pyridine rings is 1. The van der Waals surface area contributed by atoms with Crippen molar-refractivity contribution >= 4 is 10.9 Å². The molecule has 0 N–H and O–H groups in total. The first-order valence-corrected chi connectivity index (χ1v) is 5.75. The fourth-order valence-electron chi connectivity index (χ4n) is 2.08. The van der Waals surface area contributed by atoms with E-state index >= 15 is 0 Å². The van der Waals surface area contributed by atoms with Gasteiger partial charge in [0.15, 0.2) is 0 Å². The van der Waals surface area contributed by atoms with E-state index in [0.29, 0.717) is 5.92 Å². The minimum atomic E-state index is 0.642. The van der Waals surface area contributed by atoms with Crippen LogP contribution in [0.15, 0.2) is 49.2 Å². The lowest BCUT2D eigenvalue weighted by molar-refractivity contribution is 0.592. The highest BCUT2D eigenvalue weighted by Gasteiger charge is 2.05. The monoisotopic (exact) mass is 211 g/mol. The van der Waals surface area contributed by atoms with E-state index in [4.69, 9.17) is 0 Å². The highest BCUT2D eigenvalue weighted by atomic mass is 14.6. The normalized spacial score (nSPS) is 12.6. The quantitative estimate of drug-likeness (QED) is 0.697. The molecule has 1 heteroatoms. The van der Waals surface area contributed by atoms with E-state index < -0.39 is 0 Å². The average Bonchev–Trinajstić information content (AvgIpc) is 2.30. The topological polar surface area (TPSA) is 12.9 Å². The number of benzene rings is 1. The van der Waals surface area contributed by atoms with Crippen molar-refractivity contribution in [1.29, 1.82) is 0 Å². The second kappa shape index (κ2) is 4.93. The third-order valence-corrected chi connectivity index (χ3v) is 2.88. The summed E-state index contributed by atoms with van der Waals surface area (Å²) in [5, 5.41) is 1.28. The van der Waals surface area contributed by atoms with E-state index in [1.807, 2.05) is 18.3 Å². The number of allylic oxidation sites excluding steroid dienone is 1. The highest BCUT2D eigenvalue weighted by Crippen LogP contribution is 2.20. The molecule has 0 aliphatic rings. The Labute approximate surface area is 96.8 Å². The smallest absolute Gasteiger partial charge is 0.0704 e. The molecule has 0 saturated carbocycles. The standard InChI is InChI=1S/C15H17N/c1-3-6-12(2)11-13-9-10-16-15-8-5-4-7-14(13)15/h3-5,7-10,12H,1,6,11H2,2H3. The molecule has 1 nitrogen and oxygen atoms in total. The number of rotatable bonds is 4. The molecule has 1 aromatic heterocycles. The second-order valence-electron chi connectivity index (χ2n) is 4.32. The van der Waals surface area contributed by atoms with Gasteiger partial charge in [0, 0.05) is 11.6 Å². The second-order valence-corrected chi connectivity index (χ2v) is 4.32. The van der Waals surface area contributed by atoms with Gasteiger partial charge < -0.3 is 0 Å². The molecule has 1 atom stereocenters. The third-order valence-electron chi connectivity index (χ3n) is 2.88. The van der Waals surface area contributed by atoms with Crippen molar-refractivity contribution in [3.05, 3.63) is 54.7 Å². The molecular formula is C15H17N. The molecule has 2 aromatic rings. The van der Waals surface area contributed by atoms with E-state index in [-0.39, 0.29) is 0 Å². The van der Waals surface area contributed by atoms with Crippen molar-refractivity contribution in [2.24, 2.45) is 5.92 Å². The first kappa shape index (κ1) is 10.9. The summed E-state index contributed by atoms with van der Waals surface area (Å²) in [6.45, 7) is 6.05. The molecule has 0 amide bonds. The van der Waals surface area contributed by atoms with Gasteiger partial charge >= 0.3 is 0 Å². The van der Waals surface area contributed by atoms with Crippen molar-refractivity contribution in [2.75, 3.05) is 0 Å². The molecule has 0 fully saturated rings. The van der Waals surface area contributed by atoms with Crippen molar-refractivity contribution < 1.29 is 0 Å². The molecule has 1 aromatic carbocycles. The molecule has 82 valence electrons. The molecule has 0 aliphatic heterocycles. The summed E-state index contributed by atoms with van der Waals surface area (Å²) < 4.78 is 0. The summed E-state index contributed by atoms with van der Waals surface area (Å²) in [5.74, 6) is 0.642. The zero-order valence-electron chi connectivity index (χ0n) is 9.69. The van der Waals surface area contributed by atoms with Crippen LogP contribution in [-0.4, -0.2) is 4.98 Å². The molecule has 1 unspecified atom stereocenters. The molecule has 0 spiro atoms. The number of hydrogen-bond donors (Lipinski definition) is 0. The number of hydrogen-bond acceptors (Lipinski definition) is 1. The van der Waals surface area contributed by atoms with Crippen molar-refractivity contribution in [1.82, 2.24) is 4.98 Å². The summed E-state index contributed by atoms with van der Waals surface area (Å²) in [4.78, 5) is 4.37. The van der Waals surface area contributed by atoms with E-state index in [0.717, 1.165) is 18.4 Å². The minimum absolute atomic E-state index is 0.642. The summed E-state index contributed by atoms with van der Waals surface area (Å²) in [6, 6.07) is 10.5. The molecule has 0 saturated heterocycles. The zero-order chi connectivity index (χ0) is 11.4. The van der Waals surface area contributed by atoms with Gasteiger partial charge in [-0.2, -0.15) is 0 Å². The van der Waals surface area contributed by atoms with Gasteiger partial charge in [-0.25, -0.2) is 0 Å². The molecule has 2 rings (SSSR count). The maximum Gasteiger partial charge on any atom is 0.0704 e. The Balaban J connectivity index is 2.33. The largest absolute Gasteiger partial charge is 0.256 e. The van der Waals surface area contributed by atoms with Crippen LogP contribution in [0.3, 0.4) is 0 Å².